The van der Waals surface area contributed by atoms with E-state index >= 15 is 0 Å². The molecule has 29 heavy (non-hydrogen) atoms. The largest absolute Gasteiger partial charge is 0.665 e. The number of carbonyl (C=O) groups is 1. The van der Waals surface area contributed by atoms with E-state index in [1.807, 2.05) is 24.3 Å². The predicted molar refractivity (Wildman–Crippen MR) is 102 cm³/mol. The van der Waals surface area contributed by atoms with Gasteiger partial charge in [0.1, 0.15) is 17.0 Å². The molecule has 1 aliphatic rings. The number of carboxylic acids is 1. The molecule has 0 bridgehead atoms. The Bertz CT molecular complexity index is 1080. The van der Waals surface area contributed by atoms with Crippen LogP contribution in [0.2, 0.25) is 0 Å². The number of hydrogen-bond acceptors (Lipinski definition) is 8. The summed E-state index contributed by atoms with van der Waals surface area (Å²) < 4.78 is 11.8. The Kier molecular flexibility index (Phi) is 4.70. The van der Waals surface area contributed by atoms with E-state index in [2.05, 4.69) is 10.3 Å². The summed E-state index contributed by atoms with van der Waals surface area (Å²) in [4.78, 5) is 11.8. The first-order valence-electron chi connectivity index (χ1n) is 8.87. The molecule has 0 saturated heterocycles. The van der Waals surface area contributed by atoms with Crippen molar-refractivity contribution in [2.75, 3.05) is 6.51 Å². The van der Waals surface area contributed by atoms with Gasteiger partial charge in [-0.15, -0.1) is 5.10 Å². The molecule has 0 radical (unpaired) electrons. The summed E-state index contributed by atoms with van der Waals surface area (Å²) in [5.74, 6) is -1.38. The number of hydrogen-bond donors (Lipinski definition) is 4. The van der Waals surface area contributed by atoms with Gasteiger partial charge in [0.25, 0.3) is 0 Å². The van der Waals surface area contributed by atoms with E-state index in [9.17, 15) is 19.9 Å². The van der Waals surface area contributed by atoms with Gasteiger partial charge in [-0.05, 0) is 23.3 Å². The van der Waals surface area contributed by atoms with Crippen LogP contribution >= 0.6 is 0 Å². The second kappa shape index (κ2) is 7.20. The molecule has 2 heterocycles. The molecule has 0 aliphatic carbocycles. The van der Waals surface area contributed by atoms with Crippen LogP contribution < -0.4 is 15.1 Å². The van der Waals surface area contributed by atoms with Gasteiger partial charge in [0.05, 0.1) is 19.2 Å². The predicted octanol–water partition coefficient (Wildman–Crippen LogP) is 0.384. The summed E-state index contributed by atoms with van der Waals surface area (Å²) in [6.45, 7) is -3.27. The molecular formula is C18H18BN4O6-. The van der Waals surface area contributed by atoms with Gasteiger partial charge in [-0.25, -0.2) is 9.48 Å². The van der Waals surface area contributed by atoms with Crippen molar-refractivity contribution in [2.45, 2.75) is 13.1 Å². The third kappa shape index (κ3) is 3.79. The van der Waals surface area contributed by atoms with Crippen LogP contribution in [0.4, 0.5) is 0 Å². The number of nitrogens with zero attached hydrogens (tertiary/aromatic N) is 3. The SMILES string of the molecule is NCc1cccc(-c2cn(Cc3ccc4c(c3C(=O)O)O[B-](O)(O)CO4)nn2)c1. The zero-order chi connectivity index (χ0) is 20.6. The summed E-state index contributed by atoms with van der Waals surface area (Å²) in [5.41, 5.74) is 8.20. The molecule has 0 fully saturated rings. The number of carboxylic acid groups (broad SMARTS) is 1. The zero-order valence-electron chi connectivity index (χ0n) is 15.2. The molecule has 4 rings (SSSR count). The Morgan fingerprint density at radius 3 is 2.86 bits per heavy atom. The number of aromatic carboxylic acids is 1. The topological polar surface area (TPSA) is 153 Å². The lowest BCUT2D eigenvalue weighted by atomic mass is 9.80. The van der Waals surface area contributed by atoms with Crippen LogP contribution in [-0.2, 0) is 13.1 Å². The van der Waals surface area contributed by atoms with Gasteiger partial charge in [-0.2, -0.15) is 0 Å². The molecule has 2 aromatic carbocycles. The van der Waals surface area contributed by atoms with E-state index in [1.165, 1.54) is 10.7 Å². The number of ether oxygens (including phenoxy) is 1. The van der Waals surface area contributed by atoms with E-state index in [4.69, 9.17) is 15.1 Å². The maximum absolute atomic E-state index is 11.8. The lowest BCUT2D eigenvalue weighted by Gasteiger charge is -2.37. The molecule has 0 spiro atoms. The molecule has 11 heteroatoms. The first-order chi connectivity index (χ1) is 13.9. The van der Waals surface area contributed by atoms with Crippen molar-refractivity contribution >= 4 is 12.7 Å². The highest BCUT2D eigenvalue weighted by molar-refractivity contribution is 6.58. The van der Waals surface area contributed by atoms with Crippen LogP contribution in [0, 0.1) is 0 Å². The number of rotatable bonds is 5. The second-order valence-corrected chi connectivity index (χ2v) is 6.72. The lowest BCUT2D eigenvalue weighted by Crippen LogP contribution is -2.51. The first kappa shape index (κ1) is 18.9. The molecule has 0 unspecified atom stereocenters. The molecule has 3 aromatic rings. The third-order valence-electron chi connectivity index (χ3n) is 4.51. The fourth-order valence-corrected chi connectivity index (χ4v) is 3.16. The van der Waals surface area contributed by atoms with Gasteiger partial charge in [0, 0.05) is 12.1 Å². The fraction of sp³-hybridized carbons (Fsp3) is 0.167. The van der Waals surface area contributed by atoms with E-state index in [0.29, 0.717) is 17.8 Å². The Morgan fingerprint density at radius 2 is 2.10 bits per heavy atom. The van der Waals surface area contributed by atoms with E-state index in [0.717, 1.165) is 11.1 Å². The molecular weight excluding hydrogens is 379 g/mol. The number of benzene rings is 2. The van der Waals surface area contributed by atoms with E-state index in [-0.39, 0.29) is 23.6 Å². The van der Waals surface area contributed by atoms with E-state index < -0.39 is 19.2 Å². The number of fused-ring (bicyclic) bond motifs is 1. The molecule has 0 amide bonds. The van der Waals surface area contributed by atoms with Crippen LogP contribution in [0.25, 0.3) is 11.3 Å². The standard InChI is InChI=1S/C18H18BN4O6/c20-7-11-2-1-3-12(6-11)14-9-23(22-21-14)8-13-4-5-15-17(16(13)18(24)25)29-19(26,27)10-28-15/h1-6,9,26-27H,7-8,10,20H2,(H,24,25)/q-1. The summed E-state index contributed by atoms with van der Waals surface area (Å²) in [6, 6.07) is 10.7. The van der Waals surface area contributed by atoms with Crippen molar-refractivity contribution in [1.29, 1.82) is 0 Å². The van der Waals surface area contributed by atoms with Gasteiger partial charge >= 0.3 is 12.7 Å². The normalized spacial score (nSPS) is 14.6. The molecule has 0 saturated carbocycles. The van der Waals surface area contributed by atoms with Crippen LogP contribution in [0.15, 0.2) is 42.6 Å². The minimum atomic E-state index is -3.28. The maximum atomic E-state index is 11.8. The molecule has 1 aliphatic heterocycles. The lowest BCUT2D eigenvalue weighted by molar-refractivity contribution is 0.0689. The Hall–Kier alpha value is -3.41. The smallest absolute Gasteiger partial charge is 0.467 e. The molecule has 1 aromatic heterocycles. The van der Waals surface area contributed by atoms with Crippen molar-refractivity contribution < 1.29 is 29.3 Å². The number of nitrogens with two attached hydrogens (primary N) is 1. The third-order valence-corrected chi connectivity index (χ3v) is 4.51. The van der Waals surface area contributed by atoms with Crippen LogP contribution in [0.3, 0.4) is 0 Å². The second-order valence-electron chi connectivity index (χ2n) is 6.72. The summed E-state index contributed by atoms with van der Waals surface area (Å²) >= 11 is 0. The average Bonchev–Trinajstić information content (AvgIpc) is 3.15. The summed E-state index contributed by atoms with van der Waals surface area (Å²) in [6.07, 6.45) is 1.68. The van der Waals surface area contributed by atoms with Gasteiger partial charge in [-0.3, -0.25) is 0 Å². The van der Waals surface area contributed by atoms with Gasteiger partial charge in [0.2, 0.25) is 0 Å². The van der Waals surface area contributed by atoms with Gasteiger partial charge in [-0.1, -0.05) is 29.5 Å². The van der Waals surface area contributed by atoms with Crippen LogP contribution in [0.5, 0.6) is 11.5 Å². The Labute approximate surface area is 165 Å². The van der Waals surface area contributed by atoms with Gasteiger partial charge < -0.3 is 30.3 Å². The fourth-order valence-electron chi connectivity index (χ4n) is 3.16. The molecule has 5 N–H and O–H groups in total. The van der Waals surface area contributed by atoms with E-state index in [1.54, 1.807) is 12.3 Å². The van der Waals surface area contributed by atoms with Crippen LogP contribution in [0.1, 0.15) is 21.5 Å². The minimum Gasteiger partial charge on any atom is -0.665 e. The van der Waals surface area contributed by atoms with Crippen molar-refractivity contribution in [3.05, 3.63) is 59.3 Å². The molecule has 0 atom stereocenters. The molecule has 150 valence electrons. The van der Waals surface area contributed by atoms with Crippen molar-refractivity contribution in [3.63, 3.8) is 0 Å². The van der Waals surface area contributed by atoms with Crippen molar-refractivity contribution in [1.82, 2.24) is 15.0 Å². The maximum Gasteiger partial charge on any atom is 0.467 e. The van der Waals surface area contributed by atoms with Crippen LogP contribution in [-0.4, -0.2) is 49.4 Å². The van der Waals surface area contributed by atoms with Gasteiger partial charge in [0.15, 0.2) is 5.75 Å². The van der Waals surface area contributed by atoms with Crippen molar-refractivity contribution in [3.8, 4) is 22.8 Å². The highest BCUT2D eigenvalue weighted by atomic mass is 16.7. The number of aromatic nitrogens is 3. The Balaban J connectivity index is 1.67. The highest BCUT2D eigenvalue weighted by Gasteiger charge is 2.34. The minimum absolute atomic E-state index is 0.0821. The summed E-state index contributed by atoms with van der Waals surface area (Å²) in [7, 11) is 0. The Morgan fingerprint density at radius 1 is 1.28 bits per heavy atom. The quantitative estimate of drug-likeness (QED) is 0.448. The summed E-state index contributed by atoms with van der Waals surface area (Å²) in [5, 5.41) is 37.3. The average molecular weight is 397 g/mol. The molecule has 10 nitrogen and oxygen atoms in total. The van der Waals surface area contributed by atoms with Crippen molar-refractivity contribution in [2.24, 2.45) is 5.73 Å². The zero-order valence-corrected chi connectivity index (χ0v) is 15.2. The monoisotopic (exact) mass is 397 g/mol. The highest BCUT2D eigenvalue weighted by Crippen LogP contribution is 2.38. The first-order valence-corrected chi connectivity index (χ1v) is 8.87.